The number of hydrogen-bond donors (Lipinski definition) is 0. The van der Waals surface area contributed by atoms with Crippen LogP contribution in [0, 0.1) is 11.6 Å². The van der Waals surface area contributed by atoms with Crippen LogP contribution in [0.3, 0.4) is 0 Å². The molecule has 0 saturated carbocycles. The van der Waals surface area contributed by atoms with Crippen molar-refractivity contribution < 1.29 is 18.3 Å². The molecule has 7 heteroatoms. The second-order valence-electron chi connectivity index (χ2n) is 5.54. The average molecular weight is 431 g/mol. The van der Waals surface area contributed by atoms with Gasteiger partial charge in [0.15, 0.2) is 0 Å². The molecule has 0 spiro atoms. The molecule has 4 nitrogen and oxygen atoms in total. The van der Waals surface area contributed by atoms with Crippen LogP contribution in [0.5, 0.6) is 0 Å². The quantitative estimate of drug-likeness (QED) is 0.384. The monoisotopic (exact) mass is 430 g/mol. The number of nitrogens with zero attached hydrogens (tertiary/aromatic N) is 2. The van der Waals surface area contributed by atoms with Gasteiger partial charge in [-0.15, -0.1) is 0 Å². The summed E-state index contributed by atoms with van der Waals surface area (Å²) in [6.07, 6.45) is 6.46. The topological polar surface area (TPSA) is 52.1 Å². The molecular weight excluding hydrogens is 418 g/mol. The van der Waals surface area contributed by atoms with Gasteiger partial charge in [0.05, 0.1) is 17.1 Å². The van der Waals surface area contributed by atoms with Crippen LogP contribution >= 0.6 is 15.9 Å². The van der Waals surface area contributed by atoms with Crippen molar-refractivity contribution in [2.45, 2.75) is 0 Å². The highest BCUT2D eigenvalue weighted by Crippen LogP contribution is 2.22. The minimum absolute atomic E-state index is 0.0591. The van der Waals surface area contributed by atoms with Crippen LogP contribution in [-0.2, 0) is 4.74 Å². The number of aromatic nitrogens is 2. The number of rotatable bonds is 1. The zero-order chi connectivity index (χ0) is 19.4. The molecule has 0 amide bonds. The molecule has 0 aliphatic carbocycles. The fourth-order valence-corrected chi connectivity index (χ4v) is 2.82. The van der Waals surface area contributed by atoms with E-state index in [1.165, 1.54) is 25.3 Å². The highest BCUT2D eigenvalue weighted by Gasteiger charge is 2.12. The number of fused-ring (bicyclic) bond motifs is 2. The largest absolute Gasteiger partial charge is 0.465 e. The summed E-state index contributed by atoms with van der Waals surface area (Å²) in [5, 5.41) is 3.21. The molecule has 2 aromatic heterocycles. The van der Waals surface area contributed by atoms with Gasteiger partial charge in [-0.1, -0.05) is 0 Å². The van der Waals surface area contributed by atoms with Crippen LogP contribution in [0.1, 0.15) is 10.4 Å². The maximum absolute atomic E-state index is 13.4. The third-order valence-corrected chi connectivity index (χ3v) is 4.42. The van der Waals surface area contributed by atoms with Gasteiger partial charge >= 0.3 is 5.97 Å². The van der Waals surface area contributed by atoms with E-state index in [4.69, 9.17) is 0 Å². The molecule has 0 aliphatic heterocycles. The van der Waals surface area contributed by atoms with Gasteiger partial charge in [0.1, 0.15) is 11.6 Å². The number of halogens is 3. The van der Waals surface area contributed by atoms with Crippen molar-refractivity contribution >= 4 is 43.4 Å². The smallest absolute Gasteiger partial charge is 0.340 e. The van der Waals surface area contributed by atoms with Crippen LogP contribution < -0.4 is 0 Å². The number of ether oxygens (including phenoxy) is 1. The van der Waals surface area contributed by atoms with E-state index in [9.17, 15) is 13.6 Å². The summed E-state index contributed by atoms with van der Waals surface area (Å²) in [5.41, 5.74) is -0.0591. The van der Waals surface area contributed by atoms with Gasteiger partial charge in [-0.2, -0.15) is 0 Å². The molecular formula is C20H13BrF2N2O2. The molecule has 0 aliphatic rings. The summed E-state index contributed by atoms with van der Waals surface area (Å²) in [4.78, 5) is 19.0. The summed E-state index contributed by atoms with van der Waals surface area (Å²) >= 11 is 3.12. The number of carbonyl (C=O) groups is 1. The number of benzene rings is 2. The Morgan fingerprint density at radius 1 is 0.889 bits per heavy atom. The molecule has 4 aromatic rings. The van der Waals surface area contributed by atoms with Gasteiger partial charge in [0.25, 0.3) is 0 Å². The van der Waals surface area contributed by atoms with Crippen molar-refractivity contribution in [2.75, 3.05) is 7.11 Å². The molecule has 4 rings (SSSR count). The Morgan fingerprint density at radius 2 is 1.44 bits per heavy atom. The van der Waals surface area contributed by atoms with Crippen molar-refractivity contribution in [3.63, 3.8) is 0 Å². The first-order valence-corrected chi connectivity index (χ1v) is 8.59. The molecule has 27 heavy (non-hydrogen) atoms. The molecule has 0 atom stereocenters. The highest BCUT2D eigenvalue weighted by molar-refractivity contribution is 9.10. The van der Waals surface area contributed by atoms with Crippen molar-refractivity contribution in [3.8, 4) is 0 Å². The van der Waals surface area contributed by atoms with Gasteiger partial charge in [-0.3, -0.25) is 9.97 Å². The van der Waals surface area contributed by atoms with Crippen LogP contribution in [-0.4, -0.2) is 23.0 Å². The summed E-state index contributed by atoms with van der Waals surface area (Å²) in [5.74, 6) is -1.52. The highest BCUT2D eigenvalue weighted by atomic mass is 79.9. The van der Waals surface area contributed by atoms with E-state index in [-0.39, 0.29) is 11.4 Å². The second-order valence-corrected chi connectivity index (χ2v) is 6.39. The maximum Gasteiger partial charge on any atom is 0.340 e. The molecule has 2 heterocycles. The minimum Gasteiger partial charge on any atom is -0.465 e. The van der Waals surface area contributed by atoms with E-state index in [1.54, 1.807) is 36.9 Å². The van der Waals surface area contributed by atoms with E-state index in [0.29, 0.717) is 9.86 Å². The fourth-order valence-electron chi connectivity index (χ4n) is 2.45. The van der Waals surface area contributed by atoms with Gasteiger partial charge < -0.3 is 4.74 Å². The Morgan fingerprint density at radius 3 is 2.04 bits per heavy atom. The first-order chi connectivity index (χ1) is 13.0. The van der Waals surface area contributed by atoms with E-state index >= 15 is 0 Å². The molecule has 0 saturated heterocycles. The average Bonchev–Trinajstić information content (AvgIpc) is 2.68. The first-order valence-electron chi connectivity index (χ1n) is 7.80. The van der Waals surface area contributed by atoms with Crippen LogP contribution in [0.15, 0.2) is 65.7 Å². The number of methoxy groups -OCH3 is 1. The SMILES string of the molecule is COC(=O)c1cc2ccncc2cc1F.Fc1cc2cnccc2cc1Br. The van der Waals surface area contributed by atoms with Crippen LogP contribution in [0.25, 0.3) is 21.5 Å². The predicted molar refractivity (Wildman–Crippen MR) is 102 cm³/mol. The summed E-state index contributed by atoms with van der Waals surface area (Å²) in [6, 6.07) is 9.49. The Labute approximate surface area is 162 Å². The Bertz CT molecular complexity index is 1090. The Kier molecular flexibility index (Phi) is 5.71. The van der Waals surface area contributed by atoms with Gasteiger partial charge in [0, 0.05) is 35.6 Å². The Balaban J connectivity index is 0.000000159. The third-order valence-electron chi connectivity index (χ3n) is 3.81. The lowest BCUT2D eigenvalue weighted by Gasteiger charge is -2.03. The van der Waals surface area contributed by atoms with E-state index in [0.717, 1.165) is 16.2 Å². The zero-order valence-electron chi connectivity index (χ0n) is 14.1. The van der Waals surface area contributed by atoms with E-state index < -0.39 is 11.8 Å². The molecule has 0 unspecified atom stereocenters. The lowest BCUT2D eigenvalue weighted by Crippen LogP contribution is -2.04. The van der Waals surface area contributed by atoms with Crippen molar-refractivity contribution in [3.05, 3.63) is 82.9 Å². The number of esters is 1. The van der Waals surface area contributed by atoms with Gasteiger partial charge in [-0.25, -0.2) is 13.6 Å². The fraction of sp³-hybridized carbons (Fsp3) is 0.0500. The summed E-state index contributed by atoms with van der Waals surface area (Å²) in [7, 11) is 1.22. The lowest BCUT2D eigenvalue weighted by atomic mass is 10.1. The van der Waals surface area contributed by atoms with E-state index in [2.05, 4.69) is 30.6 Å². The third kappa shape index (κ3) is 4.25. The van der Waals surface area contributed by atoms with Crippen LogP contribution in [0.2, 0.25) is 0 Å². The van der Waals surface area contributed by atoms with Gasteiger partial charge in [-0.05, 0) is 63.1 Å². The van der Waals surface area contributed by atoms with Crippen LogP contribution in [0.4, 0.5) is 8.78 Å². The molecule has 2 aromatic carbocycles. The van der Waals surface area contributed by atoms with Crippen molar-refractivity contribution in [1.29, 1.82) is 0 Å². The predicted octanol–water partition coefficient (Wildman–Crippen LogP) is 5.30. The van der Waals surface area contributed by atoms with E-state index in [1.807, 2.05) is 6.07 Å². The number of carbonyl (C=O) groups excluding carboxylic acids is 1. The number of hydrogen-bond acceptors (Lipinski definition) is 4. The second kappa shape index (κ2) is 8.18. The molecule has 0 N–H and O–H groups in total. The molecule has 136 valence electrons. The standard InChI is InChI=1S/C11H8FNO2.C9H5BrFN/c1-15-11(14)9-4-7-2-3-13-6-8(7)5-10(9)12;10-8-3-6-1-2-12-5-7(6)4-9(8)11/h2-6H,1H3;1-5H. The normalized spacial score (nSPS) is 10.4. The molecule has 0 fully saturated rings. The van der Waals surface area contributed by atoms with Crippen molar-refractivity contribution in [1.82, 2.24) is 9.97 Å². The lowest BCUT2D eigenvalue weighted by molar-refractivity contribution is 0.0595. The zero-order valence-corrected chi connectivity index (χ0v) is 15.7. The Hall–Kier alpha value is -2.93. The minimum atomic E-state index is -0.675. The first kappa shape index (κ1) is 18.8. The summed E-state index contributed by atoms with van der Waals surface area (Å²) < 4.78 is 31.4. The van der Waals surface area contributed by atoms with Crippen molar-refractivity contribution in [2.24, 2.45) is 0 Å². The number of pyridine rings is 2. The molecule has 0 bridgehead atoms. The maximum atomic E-state index is 13.4. The summed E-state index contributed by atoms with van der Waals surface area (Å²) in [6.45, 7) is 0. The van der Waals surface area contributed by atoms with Gasteiger partial charge in [0.2, 0.25) is 0 Å². The molecule has 0 radical (unpaired) electrons.